The molecule has 0 saturated carbocycles. The van der Waals surface area contributed by atoms with Crippen molar-refractivity contribution in [3.8, 4) is 45.0 Å². The fourth-order valence-electron chi connectivity index (χ4n) is 14.9. The van der Waals surface area contributed by atoms with E-state index in [9.17, 15) is 68.7 Å². The molecule has 0 spiro atoms. The second kappa shape index (κ2) is 34.0. The maximum atomic E-state index is 12.9. The summed E-state index contributed by atoms with van der Waals surface area (Å²) in [7, 11) is 0. The topological polar surface area (TPSA) is 408 Å². The zero-order valence-electron chi connectivity index (χ0n) is 64.7. The van der Waals surface area contributed by atoms with Crippen LogP contribution in [0.15, 0.2) is 267 Å². The fourth-order valence-corrected chi connectivity index (χ4v) is 15.8. The molecule has 0 unspecified atom stereocenters. The Kier molecular flexibility index (Phi) is 22.1. The van der Waals surface area contributed by atoms with Crippen molar-refractivity contribution in [2.24, 2.45) is 0 Å². The smallest absolute Gasteiger partial charge is 0.297 e. The molecule has 16 aromatic rings. The molecule has 12 aromatic carbocycles. The van der Waals surface area contributed by atoms with Gasteiger partial charge in [0.25, 0.3) is 64.3 Å². The molecule has 0 bridgehead atoms. The van der Waals surface area contributed by atoms with E-state index in [4.69, 9.17) is 62.1 Å². The Morgan fingerprint density at radius 2 is 0.437 bits per heavy atom. The van der Waals surface area contributed by atoms with Crippen LogP contribution in [-0.2, 0) is 26.2 Å². The molecule has 34 heteroatoms. The molecule has 8 amide bonds. The number of carbonyl (C=O) groups excluding carboxylic acids is 8. The molecule has 0 saturated heterocycles. The van der Waals surface area contributed by atoms with E-state index >= 15 is 0 Å². The van der Waals surface area contributed by atoms with Crippen molar-refractivity contribution in [1.29, 1.82) is 0 Å². The SMILES string of the molecule is Nc1cccc2nc(CN3C(=O)c4ccccc4C3=O)c(-c3ccccc3Cl)nc12.O=C1c2ccccc2C(=O)N1Cc1nc2c([N+](=O)[O-])cccc2nc1-c1ccccc1Cl.O=C1c2ccccc2C(=O)N1Cc1nc2c([N+](=O)[O-])cccc2nc1-c1ccccc1Cl.O=C1c2ccccc2C(=O)N1Cc1nc2cccc([N+](=O)[O-])c2nc1-c1ccccc1Cl. The quantitative estimate of drug-likeness (QED) is 0.0431. The maximum absolute atomic E-state index is 12.9. The van der Waals surface area contributed by atoms with Gasteiger partial charge >= 0.3 is 0 Å². The Morgan fingerprint density at radius 1 is 0.238 bits per heavy atom. The number of anilines is 1. The second-order valence-electron chi connectivity index (χ2n) is 28.4. The lowest BCUT2D eigenvalue weighted by Crippen LogP contribution is -2.30. The van der Waals surface area contributed by atoms with Gasteiger partial charge in [-0.05, 0) is 103 Å². The standard InChI is InChI=1S/3C23H13ClN4O4.C23H15ClN4O2/c2*24-16-9-4-3-8-15(16)20-18(26-21-17(25-20)10-5-11-19(21)28(31)32)12-27-22(29)13-6-1-2-7-14(13)23(27)30;24-16-9-4-3-8-15(16)20-18(25-17-10-5-11-19(28(31)32)21(17)26-20)12-27-22(29)13-6-1-2-7-14(13)23(27)30;24-16-9-4-3-8-15(16)20-19(26-18-11-5-10-17(25)21(18)27-20)12-28-22(29)13-6-1-2-7-14(13)23(28)30/h3*1-11H,12H2;1-11H,12,25H2. The number of imide groups is 4. The number of carbonyl (C=O) groups is 8. The maximum Gasteiger partial charge on any atom is 0.297 e. The van der Waals surface area contributed by atoms with E-state index < -0.39 is 50.2 Å². The van der Waals surface area contributed by atoms with E-state index in [1.807, 2.05) is 18.2 Å². The van der Waals surface area contributed by atoms with Crippen LogP contribution in [0.25, 0.3) is 89.2 Å². The predicted molar refractivity (Wildman–Crippen MR) is 467 cm³/mol. The first-order valence-electron chi connectivity index (χ1n) is 38.1. The fraction of sp³-hybridized carbons (Fsp3) is 0.0435. The van der Waals surface area contributed by atoms with E-state index in [-0.39, 0.29) is 94.2 Å². The van der Waals surface area contributed by atoms with E-state index in [1.165, 1.54) is 41.3 Å². The summed E-state index contributed by atoms with van der Waals surface area (Å²) < 4.78 is 0. The highest BCUT2D eigenvalue weighted by molar-refractivity contribution is 6.35. The van der Waals surface area contributed by atoms with Crippen LogP contribution < -0.4 is 5.73 Å². The van der Waals surface area contributed by atoms with Crippen LogP contribution in [0, 0.1) is 30.3 Å². The minimum Gasteiger partial charge on any atom is -0.397 e. The molecular weight excluding hydrogens is 1690 g/mol. The lowest BCUT2D eigenvalue weighted by Gasteiger charge is -2.17. The molecule has 0 atom stereocenters. The molecule has 614 valence electrons. The molecule has 0 radical (unpaired) electrons. The highest BCUT2D eigenvalue weighted by Gasteiger charge is 2.41. The molecule has 4 aromatic heterocycles. The van der Waals surface area contributed by atoms with E-state index in [0.717, 1.165) is 14.7 Å². The number of rotatable bonds is 15. The third kappa shape index (κ3) is 15.2. The van der Waals surface area contributed by atoms with Gasteiger partial charge in [-0.3, -0.25) is 88.3 Å². The molecular formula is C92H54Cl4N16O14. The molecule has 2 N–H and O–H groups in total. The highest BCUT2D eigenvalue weighted by atomic mass is 35.5. The summed E-state index contributed by atoms with van der Waals surface area (Å²) in [6.45, 7) is -0.590. The van der Waals surface area contributed by atoms with Crippen LogP contribution in [0.3, 0.4) is 0 Å². The molecule has 4 aliphatic rings. The summed E-state index contributed by atoms with van der Waals surface area (Å²) in [4.78, 5) is 177. The van der Waals surface area contributed by atoms with E-state index in [2.05, 4.69) is 29.9 Å². The predicted octanol–water partition coefficient (Wildman–Crippen LogP) is 18.3. The monoisotopic (exact) mass is 1750 g/mol. The average Bonchev–Trinajstić information content (AvgIpc) is 0.988. The lowest BCUT2D eigenvalue weighted by molar-refractivity contribution is -0.383. The molecule has 0 fully saturated rings. The Hall–Kier alpha value is -16.3. The summed E-state index contributed by atoms with van der Waals surface area (Å²) >= 11 is 25.6. The first kappa shape index (κ1) is 82.1. The number of aromatic nitrogens is 8. The number of hydrogen-bond donors (Lipinski definition) is 1. The summed E-state index contributed by atoms with van der Waals surface area (Å²) in [5.74, 6) is -3.40. The van der Waals surface area contributed by atoms with Crippen LogP contribution in [0.4, 0.5) is 22.7 Å². The third-order valence-corrected chi connectivity index (χ3v) is 22.2. The van der Waals surface area contributed by atoms with Crippen molar-refractivity contribution < 1.29 is 53.1 Å². The summed E-state index contributed by atoms with van der Waals surface area (Å²) in [5, 5.41) is 36.2. The van der Waals surface area contributed by atoms with Gasteiger partial charge in [0.05, 0.1) is 179 Å². The number of nitrogens with zero attached hydrogens (tertiary/aromatic N) is 15. The number of nitro groups is 3. The highest BCUT2D eigenvalue weighted by Crippen LogP contribution is 2.41. The normalized spacial score (nSPS) is 13.0. The molecule has 0 aliphatic carbocycles. The Balaban J connectivity index is 0.000000119. The minimum atomic E-state index is -0.544. The van der Waals surface area contributed by atoms with Crippen LogP contribution in [0.5, 0.6) is 0 Å². The number of hydrogen-bond acceptors (Lipinski definition) is 23. The van der Waals surface area contributed by atoms with Crippen molar-refractivity contribution in [3.05, 3.63) is 385 Å². The van der Waals surface area contributed by atoms with Crippen molar-refractivity contribution in [1.82, 2.24) is 59.5 Å². The van der Waals surface area contributed by atoms with Gasteiger partial charge in [0.2, 0.25) is 0 Å². The molecule has 20 rings (SSSR count). The van der Waals surface area contributed by atoms with Crippen molar-refractivity contribution in [3.63, 3.8) is 0 Å². The summed E-state index contributed by atoms with van der Waals surface area (Å²) in [6.07, 6.45) is 0. The van der Waals surface area contributed by atoms with Crippen LogP contribution in [0.1, 0.15) is 106 Å². The van der Waals surface area contributed by atoms with Gasteiger partial charge in [-0.15, -0.1) is 0 Å². The van der Waals surface area contributed by atoms with E-state index in [1.54, 1.807) is 212 Å². The van der Waals surface area contributed by atoms with Gasteiger partial charge < -0.3 is 5.73 Å². The number of benzene rings is 12. The number of para-hydroxylation sites is 4. The summed E-state index contributed by atoms with van der Waals surface area (Å²) in [6, 6.07) is 73.1. The van der Waals surface area contributed by atoms with Crippen LogP contribution in [0.2, 0.25) is 20.1 Å². The number of nitro benzene ring substituents is 3. The van der Waals surface area contributed by atoms with E-state index in [0.29, 0.717) is 143 Å². The zero-order valence-corrected chi connectivity index (χ0v) is 67.8. The first-order valence-corrected chi connectivity index (χ1v) is 39.6. The van der Waals surface area contributed by atoms with Gasteiger partial charge in [-0.2, -0.15) is 0 Å². The van der Waals surface area contributed by atoms with Gasteiger partial charge in [0.15, 0.2) is 16.6 Å². The minimum absolute atomic E-state index is 0.0232. The van der Waals surface area contributed by atoms with Crippen molar-refractivity contribution >= 4 is 161 Å². The number of non-ortho nitro benzene ring substituents is 3. The van der Waals surface area contributed by atoms with Crippen molar-refractivity contribution in [2.45, 2.75) is 26.2 Å². The van der Waals surface area contributed by atoms with Gasteiger partial charge in [0, 0.05) is 40.5 Å². The number of nitrogen functional groups attached to an aromatic ring is 1. The van der Waals surface area contributed by atoms with Gasteiger partial charge in [0.1, 0.15) is 5.52 Å². The third-order valence-electron chi connectivity index (χ3n) is 20.9. The Labute approximate surface area is 730 Å². The second-order valence-corrected chi connectivity index (χ2v) is 30.0. The Bertz CT molecular complexity index is 7090. The van der Waals surface area contributed by atoms with Crippen molar-refractivity contribution in [2.75, 3.05) is 5.73 Å². The first-order chi connectivity index (χ1) is 60.9. The number of halogens is 4. The van der Waals surface area contributed by atoms with Gasteiger partial charge in [-0.1, -0.05) is 192 Å². The number of amides is 8. The van der Waals surface area contributed by atoms with Crippen LogP contribution in [-0.4, -0.2) is 121 Å². The average molecular weight is 1750 g/mol. The lowest BCUT2D eigenvalue weighted by atomic mass is 10.1. The van der Waals surface area contributed by atoms with Gasteiger partial charge in [-0.25, -0.2) is 39.9 Å². The van der Waals surface area contributed by atoms with Crippen LogP contribution >= 0.6 is 46.4 Å². The molecule has 8 heterocycles. The zero-order chi connectivity index (χ0) is 88.0. The largest absolute Gasteiger partial charge is 0.397 e. The number of fused-ring (bicyclic) bond motifs is 8. The Morgan fingerprint density at radius 3 is 0.690 bits per heavy atom. The summed E-state index contributed by atoms with van der Waals surface area (Å²) in [5.41, 5.74) is 15.8. The number of nitrogens with two attached hydrogens (primary N) is 1. The molecule has 126 heavy (non-hydrogen) atoms. The molecule has 30 nitrogen and oxygen atoms in total. The molecule has 4 aliphatic heterocycles.